The molecule has 2 heterocycles. The van der Waals surface area contributed by atoms with E-state index in [1.807, 2.05) is 24.4 Å². The Morgan fingerprint density at radius 3 is 2.50 bits per heavy atom. The molecule has 1 aromatic carbocycles. The number of pyridine rings is 1. The summed E-state index contributed by atoms with van der Waals surface area (Å²) in [4.78, 5) is 18.7. The Labute approximate surface area is 168 Å². The first-order chi connectivity index (χ1) is 13.4. The molecule has 5 heteroatoms. The summed E-state index contributed by atoms with van der Waals surface area (Å²) in [6, 6.07) is 12.1. The molecule has 0 atom stereocenters. The van der Waals surface area contributed by atoms with Crippen molar-refractivity contribution in [2.24, 2.45) is 5.92 Å². The summed E-state index contributed by atoms with van der Waals surface area (Å²) >= 11 is 0. The second-order valence-corrected chi connectivity index (χ2v) is 8.51. The van der Waals surface area contributed by atoms with Gasteiger partial charge in [0.1, 0.15) is 5.75 Å². The molecular weight excluding hydrogens is 350 g/mol. The Kier molecular flexibility index (Phi) is 6.55. The van der Waals surface area contributed by atoms with Crippen LogP contribution in [0.4, 0.5) is 5.69 Å². The minimum Gasteiger partial charge on any atom is -0.484 e. The molecule has 28 heavy (non-hydrogen) atoms. The monoisotopic (exact) mass is 381 g/mol. The van der Waals surface area contributed by atoms with E-state index in [9.17, 15) is 4.79 Å². The van der Waals surface area contributed by atoms with Gasteiger partial charge >= 0.3 is 0 Å². The lowest BCUT2D eigenvalue weighted by molar-refractivity contribution is -0.123. The van der Waals surface area contributed by atoms with Crippen LogP contribution in [-0.4, -0.2) is 37.1 Å². The molecule has 2 aromatic rings. The fourth-order valence-electron chi connectivity index (χ4n) is 3.45. The standard InChI is InChI=1S/C23H31N3O2/c1-23(2,3)19-6-8-21(9-7-19)28-17-22(27)25-15-18-10-13-26(14-11-18)20-5-4-12-24-16-20/h4-9,12,16,18H,10-11,13-15,17H2,1-3H3,(H,25,27). The van der Waals surface area contributed by atoms with Gasteiger partial charge in [0.25, 0.3) is 5.91 Å². The predicted molar refractivity (Wildman–Crippen MR) is 113 cm³/mol. The SMILES string of the molecule is CC(C)(C)c1ccc(OCC(=O)NCC2CCN(c3cccnc3)CC2)cc1. The van der Waals surface area contributed by atoms with Crippen LogP contribution in [0.5, 0.6) is 5.75 Å². The maximum atomic E-state index is 12.1. The van der Waals surface area contributed by atoms with E-state index in [0.29, 0.717) is 12.5 Å². The summed E-state index contributed by atoms with van der Waals surface area (Å²) in [5.41, 5.74) is 2.54. The lowest BCUT2D eigenvalue weighted by Crippen LogP contribution is -2.39. The zero-order chi connectivity index (χ0) is 20.0. The molecule has 0 spiro atoms. The summed E-state index contributed by atoms with van der Waals surface area (Å²) in [7, 11) is 0. The molecule has 1 aromatic heterocycles. The fraction of sp³-hybridized carbons (Fsp3) is 0.478. The number of benzene rings is 1. The van der Waals surface area contributed by atoms with Crippen LogP contribution in [0, 0.1) is 5.92 Å². The molecule has 1 aliphatic rings. The number of anilines is 1. The second-order valence-electron chi connectivity index (χ2n) is 8.51. The van der Waals surface area contributed by atoms with Crippen molar-refractivity contribution in [3.8, 4) is 5.75 Å². The van der Waals surface area contributed by atoms with E-state index < -0.39 is 0 Å². The van der Waals surface area contributed by atoms with Crippen LogP contribution >= 0.6 is 0 Å². The summed E-state index contributed by atoms with van der Waals surface area (Å²) < 4.78 is 5.62. The molecule has 1 aliphatic heterocycles. The van der Waals surface area contributed by atoms with Crippen LogP contribution in [0.2, 0.25) is 0 Å². The van der Waals surface area contributed by atoms with Crippen LogP contribution < -0.4 is 15.0 Å². The largest absolute Gasteiger partial charge is 0.484 e. The number of piperidine rings is 1. The molecule has 1 amide bonds. The Hall–Kier alpha value is -2.56. The number of hydrogen-bond acceptors (Lipinski definition) is 4. The highest BCUT2D eigenvalue weighted by molar-refractivity contribution is 5.77. The molecule has 3 rings (SSSR count). The average Bonchev–Trinajstić information content (AvgIpc) is 2.71. The second kappa shape index (κ2) is 9.09. The van der Waals surface area contributed by atoms with Gasteiger partial charge in [-0.3, -0.25) is 9.78 Å². The highest BCUT2D eigenvalue weighted by Crippen LogP contribution is 2.24. The minimum absolute atomic E-state index is 0.0589. The maximum Gasteiger partial charge on any atom is 0.257 e. The van der Waals surface area contributed by atoms with Gasteiger partial charge in [-0.1, -0.05) is 32.9 Å². The summed E-state index contributed by atoms with van der Waals surface area (Å²) in [5.74, 6) is 1.19. The third-order valence-corrected chi connectivity index (χ3v) is 5.30. The number of ether oxygens (including phenoxy) is 1. The van der Waals surface area contributed by atoms with Crippen LogP contribution in [0.25, 0.3) is 0 Å². The number of carbonyl (C=O) groups is 1. The quantitative estimate of drug-likeness (QED) is 0.827. The highest BCUT2D eigenvalue weighted by Gasteiger charge is 2.20. The van der Waals surface area contributed by atoms with Crippen LogP contribution in [0.15, 0.2) is 48.8 Å². The number of amides is 1. The average molecular weight is 382 g/mol. The maximum absolute atomic E-state index is 12.1. The number of hydrogen-bond donors (Lipinski definition) is 1. The molecule has 0 unspecified atom stereocenters. The summed E-state index contributed by atoms with van der Waals surface area (Å²) in [5, 5.41) is 3.02. The smallest absolute Gasteiger partial charge is 0.257 e. The van der Waals surface area contributed by atoms with E-state index in [-0.39, 0.29) is 17.9 Å². The molecule has 0 saturated carbocycles. The molecule has 0 bridgehead atoms. The Balaban J connectivity index is 1.36. The number of nitrogens with zero attached hydrogens (tertiary/aromatic N) is 2. The van der Waals surface area contributed by atoms with E-state index in [2.05, 4.69) is 54.2 Å². The Bertz CT molecular complexity index is 746. The van der Waals surface area contributed by atoms with Gasteiger partial charge in [0.05, 0.1) is 11.9 Å². The van der Waals surface area contributed by atoms with Crippen molar-refractivity contribution in [1.82, 2.24) is 10.3 Å². The van der Waals surface area contributed by atoms with Crippen LogP contribution in [0.1, 0.15) is 39.2 Å². The Morgan fingerprint density at radius 1 is 1.18 bits per heavy atom. The van der Waals surface area contributed by atoms with Gasteiger partial charge < -0.3 is 15.0 Å². The lowest BCUT2D eigenvalue weighted by atomic mass is 9.87. The molecule has 1 fully saturated rings. The van der Waals surface area contributed by atoms with E-state index in [1.165, 1.54) is 11.3 Å². The first-order valence-corrected chi connectivity index (χ1v) is 10.1. The molecule has 5 nitrogen and oxygen atoms in total. The molecule has 0 radical (unpaired) electrons. The third-order valence-electron chi connectivity index (χ3n) is 5.30. The van der Waals surface area contributed by atoms with Crippen molar-refractivity contribution >= 4 is 11.6 Å². The zero-order valence-electron chi connectivity index (χ0n) is 17.1. The number of rotatable bonds is 6. The van der Waals surface area contributed by atoms with Crippen molar-refractivity contribution in [3.63, 3.8) is 0 Å². The predicted octanol–water partition coefficient (Wildman–Crippen LogP) is 3.79. The van der Waals surface area contributed by atoms with Crippen molar-refractivity contribution < 1.29 is 9.53 Å². The van der Waals surface area contributed by atoms with E-state index >= 15 is 0 Å². The number of nitrogens with one attached hydrogen (secondary N) is 1. The third kappa shape index (κ3) is 5.72. The van der Waals surface area contributed by atoms with Gasteiger partial charge in [0, 0.05) is 25.8 Å². The number of carbonyl (C=O) groups excluding carboxylic acids is 1. The zero-order valence-corrected chi connectivity index (χ0v) is 17.1. The fourth-order valence-corrected chi connectivity index (χ4v) is 3.45. The van der Waals surface area contributed by atoms with Crippen molar-refractivity contribution in [2.75, 3.05) is 31.1 Å². The molecule has 1 N–H and O–H groups in total. The van der Waals surface area contributed by atoms with E-state index in [0.717, 1.165) is 31.7 Å². The first-order valence-electron chi connectivity index (χ1n) is 10.1. The Morgan fingerprint density at radius 2 is 1.89 bits per heavy atom. The van der Waals surface area contributed by atoms with E-state index in [1.54, 1.807) is 6.20 Å². The molecule has 1 saturated heterocycles. The van der Waals surface area contributed by atoms with Gasteiger partial charge in [-0.05, 0) is 54.0 Å². The minimum atomic E-state index is -0.0606. The molecular formula is C23H31N3O2. The normalized spacial score (nSPS) is 15.3. The number of aromatic nitrogens is 1. The first kappa shape index (κ1) is 20.2. The molecule has 0 aliphatic carbocycles. The van der Waals surface area contributed by atoms with Crippen molar-refractivity contribution in [2.45, 2.75) is 39.0 Å². The van der Waals surface area contributed by atoms with Crippen molar-refractivity contribution in [1.29, 1.82) is 0 Å². The summed E-state index contributed by atoms with van der Waals surface area (Å²) in [6.45, 7) is 9.31. The van der Waals surface area contributed by atoms with Gasteiger partial charge in [-0.15, -0.1) is 0 Å². The topological polar surface area (TPSA) is 54.5 Å². The highest BCUT2D eigenvalue weighted by atomic mass is 16.5. The van der Waals surface area contributed by atoms with Gasteiger partial charge in [0.15, 0.2) is 6.61 Å². The van der Waals surface area contributed by atoms with Gasteiger partial charge in [0.2, 0.25) is 0 Å². The van der Waals surface area contributed by atoms with Gasteiger partial charge in [-0.2, -0.15) is 0 Å². The van der Waals surface area contributed by atoms with Gasteiger partial charge in [-0.25, -0.2) is 0 Å². The molecule has 150 valence electrons. The lowest BCUT2D eigenvalue weighted by Gasteiger charge is -2.33. The summed E-state index contributed by atoms with van der Waals surface area (Å²) in [6.07, 6.45) is 5.86. The van der Waals surface area contributed by atoms with Crippen LogP contribution in [-0.2, 0) is 10.2 Å². The van der Waals surface area contributed by atoms with Crippen LogP contribution in [0.3, 0.4) is 0 Å². The van der Waals surface area contributed by atoms with E-state index in [4.69, 9.17) is 4.74 Å². The van der Waals surface area contributed by atoms with Crippen molar-refractivity contribution in [3.05, 3.63) is 54.4 Å².